The van der Waals surface area contributed by atoms with Gasteiger partial charge in [0.25, 0.3) is 0 Å². The molecular formula is C28H29N3O3. The van der Waals surface area contributed by atoms with Gasteiger partial charge in [-0.1, -0.05) is 60.7 Å². The molecule has 0 aliphatic carbocycles. The summed E-state index contributed by atoms with van der Waals surface area (Å²) in [4.78, 5) is 16.7. The average molecular weight is 456 g/mol. The average Bonchev–Trinajstić information content (AvgIpc) is 3.39. The second kappa shape index (κ2) is 11.3. The van der Waals surface area contributed by atoms with E-state index in [4.69, 9.17) is 9.47 Å². The number of nitrogens with one attached hydrogen (secondary N) is 1. The van der Waals surface area contributed by atoms with Crippen molar-refractivity contribution >= 4 is 5.91 Å². The standard InChI is InChI=1S/C28H29N3O3/c1-21(34-19-23-6-5-8-26(16-23)33-2)28(32)30-17-25-7-3-4-9-27(25)24-12-10-22(11-13-24)18-31-15-14-29-20-31/h3-16,20-21H,17-19H2,1-2H3,(H,30,32). The van der Waals surface area contributed by atoms with Crippen LogP contribution in [0, 0.1) is 0 Å². The van der Waals surface area contributed by atoms with Gasteiger partial charge >= 0.3 is 0 Å². The topological polar surface area (TPSA) is 65.4 Å². The zero-order valence-corrected chi connectivity index (χ0v) is 19.5. The van der Waals surface area contributed by atoms with Crippen LogP contribution in [-0.4, -0.2) is 28.7 Å². The van der Waals surface area contributed by atoms with Crippen molar-refractivity contribution in [3.8, 4) is 16.9 Å². The lowest BCUT2D eigenvalue weighted by molar-refractivity contribution is -0.132. The summed E-state index contributed by atoms with van der Waals surface area (Å²) in [5.74, 6) is 0.623. The van der Waals surface area contributed by atoms with E-state index in [-0.39, 0.29) is 5.91 Å². The SMILES string of the molecule is COc1cccc(COC(C)C(=O)NCc2ccccc2-c2ccc(Cn3ccnc3)cc2)c1. The molecule has 0 aliphatic heterocycles. The van der Waals surface area contributed by atoms with E-state index in [9.17, 15) is 4.79 Å². The number of rotatable bonds is 10. The van der Waals surface area contributed by atoms with E-state index >= 15 is 0 Å². The zero-order chi connectivity index (χ0) is 23.8. The van der Waals surface area contributed by atoms with Gasteiger partial charge in [-0.25, -0.2) is 4.98 Å². The number of carbonyl (C=O) groups excluding carboxylic acids is 1. The molecule has 174 valence electrons. The largest absolute Gasteiger partial charge is 0.497 e. The van der Waals surface area contributed by atoms with E-state index in [1.165, 1.54) is 5.56 Å². The van der Waals surface area contributed by atoms with Crippen LogP contribution < -0.4 is 10.1 Å². The van der Waals surface area contributed by atoms with Crippen LogP contribution in [0.5, 0.6) is 5.75 Å². The van der Waals surface area contributed by atoms with Crippen molar-refractivity contribution < 1.29 is 14.3 Å². The first-order chi connectivity index (χ1) is 16.6. The summed E-state index contributed by atoms with van der Waals surface area (Å²) >= 11 is 0. The molecule has 1 heterocycles. The maximum Gasteiger partial charge on any atom is 0.249 e. The van der Waals surface area contributed by atoms with Gasteiger partial charge in [0.05, 0.1) is 20.0 Å². The van der Waals surface area contributed by atoms with Gasteiger partial charge in [0.1, 0.15) is 11.9 Å². The van der Waals surface area contributed by atoms with E-state index in [2.05, 4.69) is 40.6 Å². The molecule has 0 bridgehead atoms. The highest BCUT2D eigenvalue weighted by molar-refractivity contribution is 5.80. The molecular weight excluding hydrogens is 426 g/mol. The number of aromatic nitrogens is 2. The van der Waals surface area contributed by atoms with Gasteiger partial charge in [-0.3, -0.25) is 4.79 Å². The molecule has 1 amide bonds. The van der Waals surface area contributed by atoms with Gasteiger partial charge < -0.3 is 19.4 Å². The van der Waals surface area contributed by atoms with E-state index in [1.807, 2.05) is 59.6 Å². The van der Waals surface area contributed by atoms with Crippen molar-refractivity contribution in [2.45, 2.75) is 32.7 Å². The summed E-state index contributed by atoms with van der Waals surface area (Å²) in [7, 11) is 1.63. The molecule has 0 saturated carbocycles. The molecule has 6 heteroatoms. The number of hydrogen-bond donors (Lipinski definition) is 1. The first-order valence-corrected chi connectivity index (χ1v) is 11.3. The van der Waals surface area contributed by atoms with Crippen LogP contribution in [0.4, 0.5) is 0 Å². The molecule has 4 aromatic rings. The minimum Gasteiger partial charge on any atom is -0.497 e. The molecule has 3 aromatic carbocycles. The maximum atomic E-state index is 12.6. The van der Waals surface area contributed by atoms with E-state index < -0.39 is 6.10 Å². The van der Waals surface area contributed by atoms with Gasteiger partial charge in [-0.05, 0) is 46.9 Å². The van der Waals surface area contributed by atoms with Gasteiger partial charge in [-0.2, -0.15) is 0 Å². The molecule has 0 aliphatic rings. The van der Waals surface area contributed by atoms with Gasteiger partial charge in [-0.15, -0.1) is 0 Å². The number of imidazole rings is 1. The first kappa shape index (κ1) is 23.3. The lowest BCUT2D eigenvalue weighted by atomic mass is 9.98. The normalized spacial score (nSPS) is 11.7. The lowest BCUT2D eigenvalue weighted by Gasteiger charge is -2.15. The number of amides is 1. The summed E-state index contributed by atoms with van der Waals surface area (Å²) in [6, 6.07) is 24.2. The molecule has 1 unspecified atom stereocenters. The minimum atomic E-state index is -0.569. The molecule has 1 N–H and O–H groups in total. The number of benzene rings is 3. The number of methoxy groups -OCH3 is 1. The molecule has 0 radical (unpaired) electrons. The fourth-order valence-corrected chi connectivity index (χ4v) is 3.72. The Kier molecular flexibility index (Phi) is 7.73. The van der Waals surface area contributed by atoms with E-state index in [0.29, 0.717) is 13.2 Å². The highest BCUT2D eigenvalue weighted by Gasteiger charge is 2.14. The van der Waals surface area contributed by atoms with Crippen molar-refractivity contribution in [3.63, 3.8) is 0 Å². The summed E-state index contributed by atoms with van der Waals surface area (Å²) < 4.78 is 13.0. The third kappa shape index (κ3) is 6.11. The Balaban J connectivity index is 1.34. The van der Waals surface area contributed by atoms with E-state index in [0.717, 1.165) is 34.5 Å². The Morgan fingerprint density at radius 2 is 1.85 bits per heavy atom. The van der Waals surface area contributed by atoms with Crippen molar-refractivity contribution in [1.82, 2.24) is 14.9 Å². The van der Waals surface area contributed by atoms with Crippen LogP contribution in [0.15, 0.2) is 91.5 Å². The Morgan fingerprint density at radius 1 is 1.03 bits per heavy atom. The highest BCUT2D eigenvalue weighted by atomic mass is 16.5. The number of hydrogen-bond acceptors (Lipinski definition) is 4. The molecule has 0 saturated heterocycles. The number of nitrogens with zero attached hydrogens (tertiary/aromatic N) is 2. The molecule has 4 rings (SSSR count). The summed E-state index contributed by atoms with van der Waals surface area (Å²) in [6.45, 7) is 3.32. The third-order valence-electron chi connectivity index (χ3n) is 5.66. The summed E-state index contributed by atoms with van der Waals surface area (Å²) in [5.41, 5.74) is 5.43. The quantitative estimate of drug-likeness (QED) is 0.372. The minimum absolute atomic E-state index is 0.145. The van der Waals surface area contributed by atoms with E-state index in [1.54, 1.807) is 20.2 Å². The second-order valence-electron chi connectivity index (χ2n) is 8.11. The fraction of sp³-hybridized carbons (Fsp3) is 0.214. The summed E-state index contributed by atoms with van der Waals surface area (Å²) in [6.07, 6.45) is 4.98. The monoisotopic (exact) mass is 455 g/mol. The van der Waals surface area contributed by atoms with Gasteiger partial charge in [0.2, 0.25) is 5.91 Å². The molecule has 0 spiro atoms. The Labute approximate surface area is 200 Å². The second-order valence-corrected chi connectivity index (χ2v) is 8.11. The Bertz CT molecular complexity index is 1200. The van der Waals surface area contributed by atoms with Crippen molar-refractivity contribution in [1.29, 1.82) is 0 Å². The van der Waals surface area contributed by atoms with Crippen LogP contribution in [-0.2, 0) is 29.2 Å². The van der Waals surface area contributed by atoms with Crippen LogP contribution >= 0.6 is 0 Å². The van der Waals surface area contributed by atoms with Crippen LogP contribution in [0.3, 0.4) is 0 Å². The maximum absolute atomic E-state index is 12.6. The van der Waals surface area contributed by atoms with Crippen LogP contribution in [0.2, 0.25) is 0 Å². The van der Waals surface area contributed by atoms with Crippen molar-refractivity contribution in [2.24, 2.45) is 0 Å². The summed E-state index contributed by atoms with van der Waals surface area (Å²) in [5, 5.41) is 3.01. The first-order valence-electron chi connectivity index (χ1n) is 11.3. The Hall–Kier alpha value is -3.90. The van der Waals surface area contributed by atoms with Crippen molar-refractivity contribution in [3.05, 3.63) is 108 Å². The van der Waals surface area contributed by atoms with Gasteiger partial charge in [0, 0.05) is 25.5 Å². The van der Waals surface area contributed by atoms with Crippen LogP contribution in [0.25, 0.3) is 11.1 Å². The number of carbonyl (C=O) groups is 1. The molecule has 34 heavy (non-hydrogen) atoms. The van der Waals surface area contributed by atoms with Crippen molar-refractivity contribution in [2.75, 3.05) is 7.11 Å². The lowest BCUT2D eigenvalue weighted by Crippen LogP contribution is -2.34. The van der Waals surface area contributed by atoms with Crippen LogP contribution in [0.1, 0.15) is 23.6 Å². The predicted octanol–water partition coefficient (Wildman–Crippen LogP) is 4.83. The molecule has 1 atom stereocenters. The fourth-order valence-electron chi connectivity index (χ4n) is 3.72. The highest BCUT2D eigenvalue weighted by Crippen LogP contribution is 2.24. The smallest absolute Gasteiger partial charge is 0.249 e. The third-order valence-corrected chi connectivity index (χ3v) is 5.66. The number of ether oxygens (including phenoxy) is 2. The van der Waals surface area contributed by atoms with Gasteiger partial charge in [0.15, 0.2) is 0 Å². The predicted molar refractivity (Wildman–Crippen MR) is 132 cm³/mol. The molecule has 6 nitrogen and oxygen atoms in total. The molecule has 1 aromatic heterocycles. The Morgan fingerprint density at radius 3 is 2.62 bits per heavy atom. The zero-order valence-electron chi connectivity index (χ0n) is 19.5. The molecule has 0 fully saturated rings.